The van der Waals surface area contributed by atoms with Gasteiger partial charge in [-0.1, -0.05) is 6.07 Å². The summed E-state index contributed by atoms with van der Waals surface area (Å²) in [7, 11) is 1.58. The Bertz CT molecular complexity index is 1410. The molecule has 3 aromatic heterocycles. The number of fused-ring (bicyclic) bond motifs is 3. The number of piperazine rings is 1. The van der Waals surface area contributed by atoms with Crippen LogP contribution < -0.4 is 10.3 Å². The molecule has 0 bridgehead atoms. The third-order valence-electron chi connectivity index (χ3n) is 6.01. The molecule has 1 aliphatic rings. The topological polar surface area (TPSA) is 102 Å². The number of carbonyl (C=O) groups excluding carboxylic acids is 2. The Morgan fingerprint density at radius 2 is 1.82 bits per heavy atom. The van der Waals surface area contributed by atoms with Crippen LogP contribution in [0.5, 0.6) is 5.75 Å². The number of hydrogen-bond acceptors (Lipinski definition) is 6. The lowest BCUT2D eigenvalue weighted by Gasteiger charge is -2.34. The van der Waals surface area contributed by atoms with Crippen molar-refractivity contribution in [2.75, 3.05) is 33.3 Å². The Morgan fingerprint density at radius 3 is 2.52 bits per heavy atom. The van der Waals surface area contributed by atoms with Crippen molar-refractivity contribution in [3.8, 4) is 5.75 Å². The number of aryl methyl sites for hydroxylation is 1. The molecule has 2 amide bonds. The zero-order valence-electron chi connectivity index (χ0n) is 18.4. The van der Waals surface area contributed by atoms with Gasteiger partial charge in [0.15, 0.2) is 5.76 Å². The number of furan rings is 1. The van der Waals surface area contributed by atoms with E-state index < -0.39 is 0 Å². The second-order valence-electron chi connectivity index (χ2n) is 7.92. The average Bonchev–Trinajstić information content (AvgIpc) is 3.50. The second-order valence-corrected chi connectivity index (χ2v) is 7.92. The molecule has 33 heavy (non-hydrogen) atoms. The van der Waals surface area contributed by atoms with Gasteiger partial charge in [-0.15, -0.1) is 0 Å². The van der Waals surface area contributed by atoms with Gasteiger partial charge in [-0.3, -0.25) is 18.8 Å². The SMILES string of the molecule is COc1cccc2c1cc1c(=O)n(CC(=O)N3CCN(C(=O)c4ccco4)CC3)nc(C)n12. The van der Waals surface area contributed by atoms with Crippen LogP contribution in [0.4, 0.5) is 0 Å². The monoisotopic (exact) mass is 449 g/mol. The van der Waals surface area contributed by atoms with Crippen molar-refractivity contribution in [3.05, 3.63) is 64.6 Å². The third-order valence-corrected chi connectivity index (χ3v) is 6.01. The summed E-state index contributed by atoms with van der Waals surface area (Å²) in [6, 6.07) is 10.7. The van der Waals surface area contributed by atoms with Gasteiger partial charge >= 0.3 is 0 Å². The van der Waals surface area contributed by atoms with E-state index in [9.17, 15) is 14.4 Å². The number of ether oxygens (including phenoxy) is 1. The summed E-state index contributed by atoms with van der Waals surface area (Å²) in [4.78, 5) is 41.8. The van der Waals surface area contributed by atoms with Gasteiger partial charge in [-0.05, 0) is 37.3 Å². The van der Waals surface area contributed by atoms with Gasteiger partial charge in [0.2, 0.25) is 5.91 Å². The number of rotatable bonds is 4. The van der Waals surface area contributed by atoms with E-state index in [1.807, 2.05) is 18.2 Å². The average molecular weight is 449 g/mol. The molecule has 0 atom stereocenters. The molecule has 0 saturated carbocycles. The fourth-order valence-electron chi connectivity index (χ4n) is 4.33. The van der Waals surface area contributed by atoms with E-state index in [2.05, 4.69) is 5.10 Å². The molecule has 1 saturated heterocycles. The first kappa shape index (κ1) is 20.8. The van der Waals surface area contributed by atoms with Crippen molar-refractivity contribution in [2.45, 2.75) is 13.5 Å². The van der Waals surface area contributed by atoms with Crippen LogP contribution in [0.3, 0.4) is 0 Å². The molecule has 10 nitrogen and oxygen atoms in total. The third kappa shape index (κ3) is 3.53. The highest BCUT2D eigenvalue weighted by Gasteiger charge is 2.27. The van der Waals surface area contributed by atoms with Crippen LogP contribution in [-0.4, -0.2) is 69.1 Å². The molecule has 5 rings (SSSR count). The van der Waals surface area contributed by atoms with Gasteiger partial charge in [0.05, 0.1) is 18.9 Å². The Hall–Kier alpha value is -4.08. The summed E-state index contributed by atoms with van der Waals surface area (Å²) in [6.07, 6.45) is 1.46. The standard InChI is InChI=1S/C23H23N5O5/c1-15-24-27(22(30)18-13-16-17(28(15)18)5-3-6-19(16)32-2)14-21(29)25-8-10-26(11-9-25)23(31)20-7-4-12-33-20/h3-7,12-13H,8-11,14H2,1-2H3. The molecule has 0 N–H and O–H groups in total. The van der Waals surface area contributed by atoms with Crippen LogP contribution in [0.25, 0.3) is 16.4 Å². The Morgan fingerprint density at radius 1 is 1.06 bits per heavy atom. The highest BCUT2D eigenvalue weighted by Crippen LogP contribution is 2.28. The number of amides is 2. The fraction of sp³-hybridized carbons (Fsp3) is 0.304. The van der Waals surface area contributed by atoms with E-state index in [4.69, 9.17) is 9.15 Å². The van der Waals surface area contributed by atoms with Crippen molar-refractivity contribution in [1.82, 2.24) is 24.0 Å². The smallest absolute Gasteiger partial charge is 0.291 e. The van der Waals surface area contributed by atoms with Crippen molar-refractivity contribution in [1.29, 1.82) is 0 Å². The Balaban J connectivity index is 1.36. The molecule has 10 heteroatoms. The first-order valence-corrected chi connectivity index (χ1v) is 10.6. The van der Waals surface area contributed by atoms with E-state index in [1.54, 1.807) is 46.4 Å². The minimum absolute atomic E-state index is 0.166. The van der Waals surface area contributed by atoms with E-state index in [0.29, 0.717) is 43.3 Å². The van der Waals surface area contributed by atoms with Crippen molar-refractivity contribution >= 4 is 28.2 Å². The minimum atomic E-state index is -0.348. The lowest BCUT2D eigenvalue weighted by Crippen LogP contribution is -2.51. The Kier molecular flexibility index (Phi) is 5.12. The van der Waals surface area contributed by atoms with Gasteiger partial charge in [0.25, 0.3) is 11.5 Å². The van der Waals surface area contributed by atoms with Crippen LogP contribution in [0.15, 0.2) is 51.9 Å². The van der Waals surface area contributed by atoms with Gasteiger partial charge in [-0.25, -0.2) is 4.68 Å². The lowest BCUT2D eigenvalue weighted by molar-refractivity contribution is -0.133. The Labute approximate surface area is 188 Å². The molecule has 170 valence electrons. The summed E-state index contributed by atoms with van der Waals surface area (Å²) in [5.41, 5.74) is 0.907. The maximum absolute atomic E-state index is 13.1. The fourth-order valence-corrected chi connectivity index (χ4v) is 4.33. The predicted molar refractivity (Wildman–Crippen MR) is 119 cm³/mol. The molecular formula is C23H23N5O5. The molecule has 0 unspecified atom stereocenters. The van der Waals surface area contributed by atoms with Gasteiger partial charge in [0.1, 0.15) is 23.6 Å². The van der Waals surface area contributed by atoms with Crippen LogP contribution in [0, 0.1) is 6.92 Å². The van der Waals surface area contributed by atoms with Crippen molar-refractivity contribution in [2.24, 2.45) is 0 Å². The largest absolute Gasteiger partial charge is 0.496 e. The highest BCUT2D eigenvalue weighted by atomic mass is 16.5. The summed E-state index contributed by atoms with van der Waals surface area (Å²) in [6.45, 7) is 3.19. The molecule has 4 heterocycles. The van der Waals surface area contributed by atoms with Crippen LogP contribution in [0.2, 0.25) is 0 Å². The van der Waals surface area contributed by atoms with Gasteiger partial charge < -0.3 is 19.0 Å². The normalized spacial score (nSPS) is 14.2. The van der Waals surface area contributed by atoms with Crippen LogP contribution >= 0.6 is 0 Å². The molecule has 4 aromatic rings. The summed E-state index contributed by atoms with van der Waals surface area (Å²) in [5.74, 6) is 1.13. The minimum Gasteiger partial charge on any atom is -0.496 e. The summed E-state index contributed by atoms with van der Waals surface area (Å²) >= 11 is 0. The number of benzene rings is 1. The lowest BCUT2D eigenvalue weighted by atomic mass is 10.2. The summed E-state index contributed by atoms with van der Waals surface area (Å²) in [5, 5.41) is 5.20. The van der Waals surface area contributed by atoms with E-state index in [-0.39, 0.29) is 29.7 Å². The van der Waals surface area contributed by atoms with Crippen molar-refractivity contribution < 1.29 is 18.7 Å². The van der Waals surface area contributed by atoms with Crippen molar-refractivity contribution in [3.63, 3.8) is 0 Å². The first-order chi connectivity index (χ1) is 16.0. The molecular weight excluding hydrogens is 426 g/mol. The number of aromatic nitrogens is 3. The zero-order chi connectivity index (χ0) is 23.1. The number of carbonyl (C=O) groups is 2. The van der Waals surface area contributed by atoms with Crippen LogP contribution in [-0.2, 0) is 11.3 Å². The number of methoxy groups -OCH3 is 1. The number of hydrogen-bond donors (Lipinski definition) is 0. The maximum Gasteiger partial charge on any atom is 0.291 e. The molecule has 0 spiro atoms. The quantitative estimate of drug-likeness (QED) is 0.468. The van der Waals surface area contributed by atoms with Gasteiger partial charge in [0, 0.05) is 31.6 Å². The van der Waals surface area contributed by atoms with Crippen LogP contribution in [0.1, 0.15) is 16.4 Å². The van der Waals surface area contributed by atoms with E-state index >= 15 is 0 Å². The molecule has 0 radical (unpaired) electrons. The van der Waals surface area contributed by atoms with E-state index in [1.165, 1.54) is 10.9 Å². The molecule has 1 fully saturated rings. The molecule has 1 aromatic carbocycles. The molecule has 0 aliphatic carbocycles. The van der Waals surface area contributed by atoms with E-state index in [0.717, 1.165) is 10.9 Å². The first-order valence-electron chi connectivity index (χ1n) is 10.6. The number of nitrogens with zero attached hydrogens (tertiary/aromatic N) is 5. The zero-order valence-corrected chi connectivity index (χ0v) is 18.4. The highest BCUT2D eigenvalue weighted by molar-refractivity contribution is 5.92. The van der Waals surface area contributed by atoms with Gasteiger partial charge in [-0.2, -0.15) is 5.10 Å². The predicted octanol–water partition coefficient (Wildman–Crippen LogP) is 1.54. The second kappa shape index (κ2) is 8.12. The maximum atomic E-state index is 13.1. The molecule has 1 aliphatic heterocycles. The summed E-state index contributed by atoms with van der Waals surface area (Å²) < 4.78 is 13.6.